The molecule has 3 rings (SSSR count). The largest absolute Gasteiger partial charge is 0.508 e. The van der Waals surface area contributed by atoms with Crippen molar-refractivity contribution >= 4 is 11.7 Å². The van der Waals surface area contributed by atoms with Crippen LogP contribution >= 0.6 is 0 Å². The van der Waals surface area contributed by atoms with Gasteiger partial charge in [-0.15, -0.1) is 0 Å². The highest BCUT2D eigenvalue weighted by Crippen LogP contribution is 2.43. The van der Waals surface area contributed by atoms with E-state index in [0.29, 0.717) is 5.56 Å². The number of hydrogen-bond acceptors (Lipinski definition) is 3. The van der Waals surface area contributed by atoms with Gasteiger partial charge in [-0.3, -0.25) is 9.59 Å². The fourth-order valence-electron chi connectivity index (χ4n) is 3.20. The summed E-state index contributed by atoms with van der Waals surface area (Å²) in [6.07, 6.45) is 0. The van der Waals surface area contributed by atoms with Crippen LogP contribution in [-0.2, 0) is 4.79 Å². The normalized spacial score (nSPS) is 19.7. The predicted molar refractivity (Wildman–Crippen MR) is 87.5 cm³/mol. The van der Waals surface area contributed by atoms with Crippen LogP contribution in [0.2, 0.25) is 0 Å². The van der Waals surface area contributed by atoms with Gasteiger partial charge in [0, 0.05) is 17.5 Å². The molecule has 4 heteroatoms. The first-order chi connectivity index (χ1) is 11.0. The van der Waals surface area contributed by atoms with Crippen LogP contribution in [0.1, 0.15) is 41.3 Å². The van der Waals surface area contributed by atoms with E-state index in [-0.39, 0.29) is 29.4 Å². The molecule has 1 aliphatic rings. The second-order valence-electron chi connectivity index (χ2n) is 6.17. The van der Waals surface area contributed by atoms with Gasteiger partial charge in [-0.05, 0) is 37.1 Å². The number of phenolic OH excluding ortho intramolecular Hbond substituents is 1. The van der Waals surface area contributed by atoms with Crippen LogP contribution in [0, 0.1) is 5.92 Å². The van der Waals surface area contributed by atoms with Crippen molar-refractivity contribution in [2.24, 2.45) is 5.92 Å². The van der Waals surface area contributed by atoms with Gasteiger partial charge in [0.05, 0.1) is 0 Å². The molecule has 0 heterocycles. The number of ketones is 1. The number of carbonyl (C=O) groups excluding carboxylic acids is 2. The Kier molecular flexibility index (Phi) is 3.90. The van der Waals surface area contributed by atoms with Crippen LogP contribution in [0.15, 0.2) is 48.5 Å². The molecule has 0 spiro atoms. The molecule has 0 bridgehead atoms. The fraction of sp³-hybridized carbons (Fsp3) is 0.263. The number of carbonyl (C=O) groups is 2. The smallest absolute Gasteiger partial charge is 0.232 e. The van der Waals surface area contributed by atoms with Gasteiger partial charge in [-0.2, -0.15) is 0 Å². The molecule has 0 saturated carbocycles. The van der Waals surface area contributed by atoms with E-state index in [1.165, 1.54) is 6.07 Å². The zero-order valence-electron chi connectivity index (χ0n) is 13.1. The summed E-state index contributed by atoms with van der Waals surface area (Å²) in [6.45, 7) is 3.74. The first-order valence-electron chi connectivity index (χ1n) is 7.71. The number of aromatic hydroxyl groups is 1. The van der Waals surface area contributed by atoms with Gasteiger partial charge >= 0.3 is 0 Å². The molecule has 0 fully saturated rings. The van der Waals surface area contributed by atoms with Gasteiger partial charge in [-0.1, -0.05) is 36.4 Å². The summed E-state index contributed by atoms with van der Waals surface area (Å²) in [5.41, 5.74) is 2.15. The highest BCUT2D eigenvalue weighted by atomic mass is 16.3. The van der Waals surface area contributed by atoms with Gasteiger partial charge in [0.15, 0.2) is 5.78 Å². The number of fused-ring (bicyclic) bond motifs is 1. The maximum Gasteiger partial charge on any atom is 0.232 e. The molecule has 1 aliphatic carbocycles. The Hall–Kier alpha value is -2.62. The lowest BCUT2D eigenvalue weighted by Crippen LogP contribution is -2.39. The summed E-state index contributed by atoms with van der Waals surface area (Å²) in [4.78, 5) is 25.4. The van der Waals surface area contributed by atoms with Gasteiger partial charge in [0.1, 0.15) is 11.7 Å². The summed E-state index contributed by atoms with van der Waals surface area (Å²) in [5, 5.41) is 12.5. The minimum absolute atomic E-state index is 0.0360. The molecular formula is C19H19NO3. The lowest BCUT2D eigenvalue weighted by molar-refractivity contribution is -0.124. The molecule has 118 valence electrons. The third kappa shape index (κ3) is 2.72. The first-order valence-corrected chi connectivity index (χ1v) is 7.71. The Labute approximate surface area is 135 Å². The summed E-state index contributed by atoms with van der Waals surface area (Å²) in [6, 6.07) is 14.3. The van der Waals surface area contributed by atoms with Gasteiger partial charge in [-0.25, -0.2) is 0 Å². The average Bonchev–Trinajstić information content (AvgIpc) is 2.80. The third-order valence-electron chi connectivity index (χ3n) is 4.13. The minimum Gasteiger partial charge on any atom is -0.508 e. The van der Waals surface area contributed by atoms with Gasteiger partial charge in [0.25, 0.3) is 0 Å². The molecule has 0 saturated heterocycles. The third-order valence-corrected chi connectivity index (χ3v) is 4.13. The Morgan fingerprint density at radius 3 is 2.48 bits per heavy atom. The summed E-state index contributed by atoms with van der Waals surface area (Å²) >= 11 is 0. The molecule has 2 atom stereocenters. The maximum atomic E-state index is 12.8. The van der Waals surface area contributed by atoms with E-state index in [1.54, 1.807) is 12.1 Å². The Bertz CT molecular complexity index is 752. The molecule has 2 unspecified atom stereocenters. The van der Waals surface area contributed by atoms with Gasteiger partial charge < -0.3 is 10.4 Å². The van der Waals surface area contributed by atoms with Crippen LogP contribution < -0.4 is 5.32 Å². The first kappa shape index (κ1) is 15.3. The standard InChI is InChI=1S/C19H19NO3/c1-11(2)20-19(23)17-16(12-6-4-3-5-7-12)14-9-8-13(21)10-15(14)18(17)22/h3-11,16-17,21H,1-2H3,(H,20,23). The number of hydrogen-bond donors (Lipinski definition) is 2. The second-order valence-corrected chi connectivity index (χ2v) is 6.17. The zero-order valence-corrected chi connectivity index (χ0v) is 13.1. The van der Waals surface area contributed by atoms with E-state index in [1.807, 2.05) is 44.2 Å². The summed E-state index contributed by atoms with van der Waals surface area (Å²) in [7, 11) is 0. The van der Waals surface area contributed by atoms with E-state index >= 15 is 0 Å². The number of phenols is 1. The molecule has 1 amide bonds. The van der Waals surface area contributed by atoms with Crippen molar-refractivity contribution in [2.75, 3.05) is 0 Å². The molecule has 4 nitrogen and oxygen atoms in total. The zero-order chi connectivity index (χ0) is 16.6. The lowest BCUT2D eigenvalue weighted by Gasteiger charge is -2.20. The van der Waals surface area contributed by atoms with E-state index in [4.69, 9.17) is 0 Å². The van der Waals surface area contributed by atoms with Gasteiger partial charge in [0.2, 0.25) is 5.91 Å². The van der Waals surface area contributed by atoms with E-state index in [9.17, 15) is 14.7 Å². The van der Waals surface area contributed by atoms with Crippen molar-refractivity contribution in [3.8, 4) is 5.75 Å². The monoisotopic (exact) mass is 309 g/mol. The van der Waals surface area contributed by atoms with Crippen LogP contribution in [0.5, 0.6) is 5.75 Å². The van der Waals surface area contributed by atoms with Crippen molar-refractivity contribution in [3.05, 3.63) is 65.2 Å². The Morgan fingerprint density at radius 1 is 1.13 bits per heavy atom. The molecule has 2 aromatic rings. The molecule has 23 heavy (non-hydrogen) atoms. The highest BCUT2D eigenvalue weighted by molar-refractivity contribution is 6.15. The van der Waals surface area contributed by atoms with Crippen molar-refractivity contribution in [1.29, 1.82) is 0 Å². The van der Waals surface area contributed by atoms with Crippen LogP contribution in [0.4, 0.5) is 0 Å². The molecule has 2 N–H and O–H groups in total. The molecule has 2 aromatic carbocycles. The van der Waals surface area contributed by atoms with Crippen molar-refractivity contribution in [2.45, 2.75) is 25.8 Å². The van der Waals surface area contributed by atoms with Crippen LogP contribution in [0.25, 0.3) is 0 Å². The summed E-state index contributed by atoms with van der Waals surface area (Å²) < 4.78 is 0. The Balaban J connectivity index is 2.11. The number of rotatable bonds is 3. The SMILES string of the molecule is CC(C)NC(=O)C1C(=O)c2cc(O)ccc2C1c1ccccc1. The van der Waals surface area contributed by atoms with E-state index < -0.39 is 5.92 Å². The second kappa shape index (κ2) is 5.88. The van der Waals surface area contributed by atoms with Crippen molar-refractivity contribution < 1.29 is 14.7 Å². The molecule has 0 radical (unpaired) electrons. The number of benzene rings is 2. The Morgan fingerprint density at radius 2 is 1.83 bits per heavy atom. The average molecular weight is 309 g/mol. The fourth-order valence-corrected chi connectivity index (χ4v) is 3.20. The van der Waals surface area contributed by atoms with Crippen LogP contribution in [-0.4, -0.2) is 22.8 Å². The number of nitrogens with one attached hydrogen (secondary N) is 1. The quantitative estimate of drug-likeness (QED) is 0.857. The molecular weight excluding hydrogens is 290 g/mol. The number of amides is 1. The topological polar surface area (TPSA) is 66.4 Å². The predicted octanol–water partition coefficient (Wildman–Crippen LogP) is 2.86. The highest BCUT2D eigenvalue weighted by Gasteiger charge is 2.45. The number of Topliss-reactive ketones (excluding diaryl/α,β-unsaturated/α-hetero) is 1. The lowest BCUT2D eigenvalue weighted by atomic mass is 9.85. The molecule has 0 aliphatic heterocycles. The van der Waals surface area contributed by atoms with Crippen molar-refractivity contribution in [3.63, 3.8) is 0 Å². The minimum atomic E-state index is -0.795. The van der Waals surface area contributed by atoms with Crippen molar-refractivity contribution in [1.82, 2.24) is 5.32 Å². The van der Waals surface area contributed by atoms with Crippen LogP contribution in [0.3, 0.4) is 0 Å². The maximum absolute atomic E-state index is 12.8. The summed E-state index contributed by atoms with van der Waals surface area (Å²) in [5.74, 6) is -1.58. The molecule has 0 aromatic heterocycles. The van der Waals surface area contributed by atoms with E-state index in [0.717, 1.165) is 11.1 Å². The van der Waals surface area contributed by atoms with E-state index in [2.05, 4.69) is 5.32 Å².